The van der Waals surface area contributed by atoms with E-state index >= 15 is 0 Å². The molecule has 0 bridgehead atoms. The van der Waals surface area contributed by atoms with E-state index in [-0.39, 0.29) is 25.4 Å². The van der Waals surface area contributed by atoms with Crippen molar-refractivity contribution in [3.8, 4) is 0 Å². The van der Waals surface area contributed by atoms with Crippen LogP contribution < -0.4 is 10.6 Å². The Morgan fingerprint density at radius 1 is 1.17 bits per heavy atom. The molecule has 1 aliphatic carbocycles. The van der Waals surface area contributed by atoms with Gasteiger partial charge in [-0.1, -0.05) is 12.8 Å². The molecule has 2 rings (SSSR count). The number of aliphatic hydroxyl groups excluding tert-OH is 1. The molecule has 132 valence electrons. The van der Waals surface area contributed by atoms with Gasteiger partial charge >= 0.3 is 11.8 Å². The van der Waals surface area contributed by atoms with Gasteiger partial charge < -0.3 is 20.5 Å². The summed E-state index contributed by atoms with van der Waals surface area (Å²) in [6.07, 6.45) is 3.36. The zero-order chi connectivity index (χ0) is 17.6. The van der Waals surface area contributed by atoms with E-state index in [0.29, 0.717) is 0 Å². The van der Waals surface area contributed by atoms with Crippen LogP contribution >= 0.6 is 0 Å². The topological polar surface area (TPSA) is 87.7 Å². The first-order valence-electron chi connectivity index (χ1n) is 7.75. The first-order chi connectivity index (χ1) is 11.5. The van der Waals surface area contributed by atoms with Crippen LogP contribution in [0.15, 0.2) is 18.2 Å². The molecule has 2 amide bonds. The van der Waals surface area contributed by atoms with Crippen molar-refractivity contribution < 1.29 is 28.2 Å². The van der Waals surface area contributed by atoms with Gasteiger partial charge in [0.1, 0.15) is 0 Å². The molecule has 0 spiro atoms. The van der Waals surface area contributed by atoms with Crippen molar-refractivity contribution in [1.82, 2.24) is 5.32 Å². The Morgan fingerprint density at radius 2 is 1.88 bits per heavy atom. The number of carbonyl (C=O) groups excluding carboxylic acids is 2. The van der Waals surface area contributed by atoms with Gasteiger partial charge in [0, 0.05) is 18.3 Å². The normalized spacial score (nSPS) is 16.0. The summed E-state index contributed by atoms with van der Waals surface area (Å²) < 4.78 is 31.6. The van der Waals surface area contributed by atoms with Gasteiger partial charge in [0.2, 0.25) is 0 Å². The van der Waals surface area contributed by atoms with E-state index in [2.05, 4.69) is 10.6 Å². The third-order valence-corrected chi connectivity index (χ3v) is 3.97. The molecule has 3 N–H and O–H groups in total. The number of hydrogen-bond acceptors (Lipinski definition) is 4. The highest BCUT2D eigenvalue weighted by atomic mass is 19.2. The van der Waals surface area contributed by atoms with Crippen LogP contribution in [0.1, 0.15) is 25.7 Å². The number of ether oxygens (including phenoxy) is 1. The Balaban J connectivity index is 1.88. The fourth-order valence-electron chi connectivity index (χ4n) is 2.74. The van der Waals surface area contributed by atoms with E-state index in [1.807, 2.05) is 0 Å². The summed E-state index contributed by atoms with van der Waals surface area (Å²) in [4.78, 5) is 23.7. The molecule has 1 aromatic rings. The number of rotatable bonds is 6. The fourth-order valence-corrected chi connectivity index (χ4v) is 2.74. The molecule has 1 aliphatic rings. The monoisotopic (exact) mass is 342 g/mol. The maximum Gasteiger partial charge on any atom is 0.313 e. The number of nitrogens with one attached hydrogen (secondary N) is 2. The largest absolute Gasteiger partial charge is 0.394 e. The van der Waals surface area contributed by atoms with Gasteiger partial charge in [0.15, 0.2) is 11.6 Å². The minimum absolute atomic E-state index is 0.0128. The molecule has 0 aromatic heterocycles. The molecule has 0 radical (unpaired) electrons. The molecule has 24 heavy (non-hydrogen) atoms. The Bertz CT molecular complexity index is 604. The molecule has 8 heteroatoms. The molecule has 0 aliphatic heterocycles. The van der Waals surface area contributed by atoms with Gasteiger partial charge in [-0.05, 0) is 25.0 Å². The predicted octanol–water partition coefficient (Wildman–Crippen LogP) is 1.34. The highest BCUT2D eigenvalue weighted by molar-refractivity contribution is 6.39. The summed E-state index contributed by atoms with van der Waals surface area (Å²) in [5, 5.41) is 13.6. The predicted molar refractivity (Wildman–Crippen MR) is 82.2 cm³/mol. The van der Waals surface area contributed by atoms with Gasteiger partial charge in [0.05, 0.1) is 18.8 Å². The molecular formula is C16H20F2N2O4. The quantitative estimate of drug-likeness (QED) is 0.681. The lowest BCUT2D eigenvalue weighted by atomic mass is 10.0. The van der Waals surface area contributed by atoms with E-state index in [9.17, 15) is 18.4 Å². The molecule has 1 fully saturated rings. The summed E-state index contributed by atoms with van der Waals surface area (Å²) in [6.45, 7) is 0.195. The lowest BCUT2D eigenvalue weighted by molar-refractivity contribution is -0.137. The Labute approximate surface area is 138 Å². The zero-order valence-corrected chi connectivity index (χ0v) is 13.1. The summed E-state index contributed by atoms with van der Waals surface area (Å²) in [6, 6.07) is 2.81. The lowest BCUT2D eigenvalue weighted by Crippen LogP contribution is -2.46. The highest BCUT2D eigenvalue weighted by Gasteiger charge is 2.35. The van der Waals surface area contributed by atoms with Crippen LogP contribution in [0.4, 0.5) is 14.5 Å². The van der Waals surface area contributed by atoms with Crippen LogP contribution in [0.5, 0.6) is 0 Å². The second-order valence-corrected chi connectivity index (χ2v) is 5.73. The van der Waals surface area contributed by atoms with Gasteiger partial charge in [-0.2, -0.15) is 0 Å². The minimum Gasteiger partial charge on any atom is -0.394 e. The van der Waals surface area contributed by atoms with Crippen molar-refractivity contribution in [2.24, 2.45) is 0 Å². The number of amides is 2. The van der Waals surface area contributed by atoms with Gasteiger partial charge in [0.25, 0.3) is 0 Å². The van der Waals surface area contributed by atoms with E-state index in [1.165, 1.54) is 0 Å². The van der Waals surface area contributed by atoms with E-state index < -0.39 is 29.0 Å². The fraction of sp³-hybridized carbons (Fsp3) is 0.500. The van der Waals surface area contributed by atoms with E-state index in [0.717, 1.165) is 43.9 Å². The lowest BCUT2D eigenvalue weighted by Gasteiger charge is -2.29. The van der Waals surface area contributed by atoms with Crippen molar-refractivity contribution in [1.29, 1.82) is 0 Å². The molecule has 0 heterocycles. The van der Waals surface area contributed by atoms with Crippen LogP contribution in [0.3, 0.4) is 0 Å². The second kappa shape index (κ2) is 8.16. The molecule has 6 nitrogen and oxygen atoms in total. The van der Waals surface area contributed by atoms with E-state index in [1.54, 1.807) is 0 Å². The summed E-state index contributed by atoms with van der Waals surface area (Å²) >= 11 is 0. The zero-order valence-electron chi connectivity index (χ0n) is 13.1. The Hall–Kier alpha value is -2.06. The van der Waals surface area contributed by atoms with Crippen molar-refractivity contribution in [2.75, 3.05) is 25.1 Å². The van der Waals surface area contributed by atoms with Crippen LogP contribution in [-0.2, 0) is 14.3 Å². The Kier molecular flexibility index (Phi) is 6.22. The maximum atomic E-state index is 13.1. The smallest absolute Gasteiger partial charge is 0.313 e. The molecule has 0 saturated heterocycles. The molecule has 0 atom stereocenters. The number of anilines is 1. The summed E-state index contributed by atoms with van der Waals surface area (Å²) in [7, 11) is 0. The average Bonchev–Trinajstić information content (AvgIpc) is 3.03. The second-order valence-electron chi connectivity index (χ2n) is 5.73. The first kappa shape index (κ1) is 18.3. The van der Waals surface area contributed by atoms with Crippen molar-refractivity contribution in [3.05, 3.63) is 29.8 Å². The number of carbonyl (C=O) groups is 2. The van der Waals surface area contributed by atoms with Gasteiger partial charge in [-0.3, -0.25) is 9.59 Å². The number of hydrogen-bond donors (Lipinski definition) is 3. The first-order valence-corrected chi connectivity index (χ1v) is 7.75. The number of halogens is 2. The molecule has 1 aromatic carbocycles. The van der Waals surface area contributed by atoms with E-state index in [4.69, 9.17) is 9.84 Å². The third-order valence-electron chi connectivity index (χ3n) is 3.97. The van der Waals surface area contributed by atoms with Crippen LogP contribution in [0.25, 0.3) is 0 Å². The Morgan fingerprint density at radius 3 is 2.50 bits per heavy atom. The number of benzene rings is 1. The molecular weight excluding hydrogens is 322 g/mol. The maximum absolute atomic E-state index is 13.1. The standard InChI is InChI=1S/C16H20F2N2O4/c17-12-4-3-11(9-13(12)18)20-15(23)14(22)19-10-16(24-8-7-21)5-1-2-6-16/h3-4,9,21H,1-2,5-8,10H2,(H,19,22)(H,20,23). The van der Waals surface area contributed by atoms with Crippen molar-refractivity contribution in [3.63, 3.8) is 0 Å². The average molecular weight is 342 g/mol. The van der Waals surface area contributed by atoms with Gasteiger partial charge in [-0.25, -0.2) is 8.78 Å². The molecule has 1 saturated carbocycles. The van der Waals surface area contributed by atoms with Crippen LogP contribution in [0, 0.1) is 11.6 Å². The highest BCUT2D eigenvalue weighted by Crippen LogP contribution is 2.32. The summed E-state index contributed by atoms with van der Waals surface area (Å²) in [5.41, 5.74) is -0.582. The SMILES string of the molecule is O=C(NCC1(OCCO)CCCC1)C(=O)Nc1ccc(F)c(F)c1. The van der Waals surface area contributed by atoms with Gasteiger partial charge in [-0.15, -0.1) is 0 Å². The minimum atomic E-state index is -1.12. The van der Waals surface area contributed by atoms with Crippen LogP contribution in [0.2, 0.25) is 0 Å². The number of aliphatic hydroxyl groups is 1. The van der Waals surface area contributed by atoms with Crippen molar-refractivity contribution >= 4 is 17.5 Å². The van der Waals surface area contributed by atoms with Crippen molar-refractivity contribution in [2.45, 2.75) is 31.3 Å². The summed E-state index contributed by atoms with van der Waals surface area (Å²) in [5.74, 6) is -4.02. The van der Waals surface area contributed by atoms with Crippen LogP contribution in [-0.4, -0.2) is 42.3 Å². The third kappa shape index (κ3) is 4.72. The molecule has 0 unspecified atom stereocenters.